The van der Waals surface area contributed by atoms with E-state index < -0.39 is 10.7 Å². The number of hydrogen-bond donors (Lipinski definition) is 1. The van der Waals surface area contributed by atoms with Crippen molar-refractivity contribution in [3.05, 3.63) is 75.7 Å². The number of aryl methyl sites for hydroxylation is 2. The minimum atomic E-state index is -0.483. The van der Waals surface area contributed by atoms with Crippen molar-refractivity contribution in [3.8, 4) is 11.4 Å². The molecule has 3 rings (SSSR count). The van der Waals surface area contributed by atoms with E-state index in [1.165, 1.54) is 36.1 Å². The van der Waals surface area contributed by atoms with Gasteiger partial charge in [0.05, 0.1) is 23.4 Å². The van der Waals surface area contributed by atoms with Crippen LogP contribution >= 0.6 is 0 Å². The molecule has 0 unspecified atom stereocenters. The van der Waals surface area contributed by atoms with E-state index >= 15 is 0 Å². The fraction of sp³-hybridized carbons (Fsp3) is 0.200. The molecule has 1 amide bonds. The Morgan fingerprint density at radius 3 is 2.59 bits per heavy atom. The molecule has 3 aromatic rings. The molecule has 0 aliphatic carbocycles. The summed E-state index contributed by atoms with van der Waals surface area (Å²) in [5, 5.41) is 17.9. The number of benzene rings is 2. The Hall–Kier alpha value is -3.75. The van der Waals surface area contributed by atoms with E-state index in [9.17, 15) is 19.3 Å². The Labute approximate surface area is 166 Å². The van der Waals surface area contributed by atoms with Crippen LogP contribution in [0.4, 0.5) is 15.9 Å². The number of aromatic nitrogens is 2. The second-order valence-corrected chi connectivity index (χ2v) is 6.37. The molecule has 1 aromatic heterocycles. The van der Waals surface area contributed by atoms with Crippen LogP contribution in [0.3, 0.4) is 0 Å². The third kappa shape index (κ3) is 4.75. The summed E-state index contributed by atoms with van der Waals surface area (Å²) < 4.78 is 20.1. The first kappa shape index (κ1) is 20.0. The van der Waals surface area contributed by atoms with Crippen molar-refractivity contribution in [1.82, 2.24) is 9.78 Å². The van der Waals surface area contributed by atoms with Crippen molar-refractivity contribution < 1.29 is 18.8 Å². The summed E-state index contributed by atoms with van der Waals surface area (Å²) >= 11 is 0. The van der Waals surface area contributed by atoms with Gasteiger partial charge < -0.3 is 10.1 Å². The van der Waals surface area contributed by atoms with E-state index in [1.54, 1.807) is 31.2 Å². The Kier molecular flexibility index (Phi) is 5.87. The summed E-state index contributed by atoms with van der Waals surface area (Å²) in [6.07, 6.45) is 0.508. The van der Waals surface area contributed by atoms with Crippen molar-refractivity contribution in [3.63, 3.8) is 0 Å². The van der Waals surface area contributed by atoms with Gasteiger partial charge in [-0.15, -0.1) is 0 Å². The van der Waals surface area contributed by atoms with Gasteiger partial charge in [-0.1, -0.05) is 6.07 Å². The van der Waals surface area contributed by atoms with Crippen LogP contribution in [-0.4, -0.2) is 27.7 Å². The molecule has 150 valence electrons. The quantitative estimate of drug-likeness (QED) is 0.482. The summed E-state index contributed by atoms with van der Waals surface area (Å²) in [7, 11) is 1.39. The zero-order valence-electron chi connectivity index (χ0n) is 15.9. The largest absolute Gasteiger partial charge is 0.494 e. The molecule has 0 saturated heterocycles. The molecule has 1 N–H and O–H groups in total. The van der Waals surface area contributed by atoms with E-state index in [0.717, 1.165) is 0 Å². The highest BCUT2D eigenvalue weighted by Gasteiger charge is 2.13. The van der Waals surface area contributed by atoms with Crippen molar-refractivity contribution in [2.24, 2.45) is 0 Å². The van der Waals surface area contributed by atoms with Gasteiger partial charge in [0.15, 0.2) is 11.6 Å². The van der Waals surface area contributed by atoms with Crippen LogP contribution < -0.4 is 10.1 Å². The molecule has 2 aromatic carbocycles. The fourth-order valence-corrected chi connectivity index (χ4v) is 2.83. The van der Waals surface area contributed by atoms with E-state index in [2.05, 4.69) is 10.4 Å². The molecular weight excluding hydrogens is 379 g/mol. The summed E-state index contributed by atoms with van der Waals surface area (Å²) in [5.74, 6) is -0.135. The van der Waals surface area contributed by atoms with E-state index in [0.29, 0.717) is 29.2 Å². The predicted octanol–water partition coefficient (Wildman–Crippen LogP) is 3.81. The topological polar surface area (TPSA) is 99.3 Å². The normalized spacial score (nSPS) is 10.6. The molecule has 1 heterocycles. The molecule has 8 nitrogen and oxygen atoms in total. The number of hydrogen-bond acceptors (Lipinski definition) is 5. The molecule has 0 aliphatic heterocycles. The van der Waals surface area contributed by atoms with Crippen LogP contribution in [0, 0.1) is 22.9 Å². The van der Waals surface area contributed by atoms with Crippen molar-refractivity contribution >= 4 is 17.4 Å². The van der Waals surface area contributed by atoms with Gasteiger partial charge in [-0.2, -0.15) is 5.10 Å². The van der Waals surface area contributed by atoms with Crippen LogP contribution in [-0.2, 0) is 11.2 Å². The molecule has 0 aliphatic rings. The Morgan fingerprint density at radius 2 is 1.97 bits per heavy atom. The number of nitro groups is 1. The van der Waals surface area contributed by atoms with Gasteiger partial charge in [-0.3, -0.25) is 14.9 Å². The molecule has 0 atom stereocenters. The Bertz CT molecular complexity index is 1050. The van der Waals surface area contributed by atoms with Gasteiger partial charge in [0.25, 0.3) is 5.69 Å². The highest BCUT2D eigenvalue weighted by atomic mass is 19.1. The van der Waals surface area contributed by atoms with Crippen LogP contribution in [0.5, 0.6) is 5.75 Å². The number of nitrogens with zero attached hydrogens (tertiary/aromatic N) is 3. The fourth-order valence-electron chi connectivity index (χ4n) is 2.83. The van der Waals surface area contributed by atoms with Gasteiger partial charge in [0, 0.05) is 24.6 Å². The van der Waals surface area contributed by atoms with Crippen molar-refractivity contribution in [2.75, 3.05) is 12.4 Å². The number of anilines is 1. The number of halogens is 1. The summed E-state index contributed by atoms with van der Waals surface area (Å²) in [6, 6.07) is 12.1. The number of nitro benzene ring substituents is 1. The van der Waals surface area contributed by atoms with Crippen LogP contribution in [0.2, 0.25) is 0 Å². The van der Waals surface area contributed by atoms with Gasteiger partial charge in [0.1, 0.15) is 5.82 Å². The average Bonchev–Trinajstić information content (AvgIpc) is 3.06. The minimum absolute atomic E-state index is 0.0325. The second kappa shape index (κ2) is 8.51. The van der Waals surface area contributed by atoms with E-state index in [1.807, 2.05) is 0 Å². The maximum atomic E-state index is 13.8. The number of amides is 1. The van der Waals surface area contributed by atoms with Crippen LogP contribution in [0.1, 0.15) is 17.7 Å². The second-order valence-electron chi connectivity index (χ2n) is 6.37. The Morgan fingerprint density at radius 1 is 1.24 bits per heavy atom. The lowest BCUT2D eigenvalue weighted by Gasteiger charge is -2.09. The van der Waals surface area contributed by atoms with Crippen LogP contribution in [0.25, 0.3) is 5.69 Å². The first-order valence-corrected chi connectivity index (χ1v) is 8.81. The van der Waals surface area contributed by atoms with E-state index in [4.69, 9.17) is 4.74 Å². The van der Waals surface area contributed by atoms with Crippen molar-refractivity contribution in [1.29, 1.82) is 0 Å². The maximum absolute atomic E-state index is 13.8. The lowest BCUT2D eigenvalue weighted by molar-refractivity contribution is -0.384. The van der Waals surface area contributed by atoms with E-state index in [-0.39, 0.29) is 23.8 Å². The number of nitrogens with one attached hydrogen (secondary N) is 1. The number of methoxy groups -OCH3 is 1. The number of carbonyl (C=O) groups is 1. The maximum Gasteiger partial charge on any atom is 0.269 e. The molecule has 0 radical (unpaired) electrons. The van der Waals surface area contributed by atoms with Gasteiger partial charge in [0.2, 0.25) is 5.91 Å². The first-order valence-electron chi connectivity index (χ1n) is 8.81. The molecule has 0 bridgehead atoms. The van der Waals surface area contributed by atoms with Gasteiger partial charge in [-0.25, -0.2) is 9.07 Å². The number of carbonyl (C=O) groups excluding carboxylic acids is 1. The van der Waals surface area contributed by atoms with Gasteiger partial charge >= 0.3 is 0 Å². The molecule has 9 heteroatoms. The first-order chi connectivity index (χ1) is 13.9. The predicted molar refractivity (Wildman–Crippen MR) is 105 cm³/mol. The lowest BCUT2D eigenvalue weighted by Crippen LogP contribution is -2.15. The highest BCUT2D eigenvalue weighted by Crippen LogP contribution is 2.21. The summed E-state index contributed by atoms with van der Waals surface area (Å²) in [4.78, 5) is 22.7. The minimum Gasteiger partial charge on any atom is -0.494 e. The monoisotopic (exact) mass is 398 g/mol. The smallest absolute Gasteiger partial charge is 0.269 e. The standard InChI is InChI=1S/C20H19FN4O4/c1-13-11-19(24(23-13)15-5-7-16(8-6-15)25(27)28)22-20(26)10-4-14-3-9-18(29-2)17(21)12-14/h3,5-9,11-12H,4,10H2,1-2H3,(H,22,26). The number of ether oxygens (including phenoxy) is 1. The molecular formula is C20H19FN4O4. The highest BCUT2D eigenvalue weighted by molar-refractivity contribution is 5.90. The summed E-state index contributed by atoms with van der Waals surface area (Å²) in [6.45, 7) is 1.78. The molecule has 29 heavy (non-hydrogen) atoms. The molecule has 0 saturated carbocycles. The third-order valence-electron chi connectivity index (χ3n) is 4.26. The summed E-state index contributed by atoms with van der Waals surface area (Å²) in [5.41, 5.74) is 1.90. The average molecular weight is 398 g/mol. The lowest BCUT2D eigenvalue weighted by atomic mass is 10.1. The third-order valence-corrected chi connectivity index (χ3v) is 4.26. The van der Waals surface area contributed by atoms with Gasteiger partial charge in [-0.05, 0) is 43.2 Å². The van der Waals surface area contributed by atoms with Crippen LogP contribution in [0.15, 0.2) is 48.5 Å². The molecule has 0 fully saturated rings. The SMILES string of the molecule is COc1ccc(CCC(=O)Nc2cc(C)nn2-c2ccc([N+](=O)[O-])cc2)cc1F. The number of rotatable bonds is 7. The Balaban J connectivity index is 1.69. The zero-order chi connectivity index (χ0) is 21.0. The zero-order valence-corrected chi connectivity index (χ0v) is 15.9. The van der Waals surface area contributed by atoms with Crippen molar-refractivity contribution in [2.45, 2.75) is 19.8 Å². The molecule has 0 spiro atoms. The number of non-ortho nitro benzene ring substituents is 1.